The number of nitrogens with one attached hydrogen (secondary N) is 1. The van der Waals surface area contributed by atoms with Crippen LogP contribution in [0.3, 0.4) is 0 Å². The number of aliphatic hydroxyl groups is 1. The van der Waals surface area contributed by atoms with E-state index in [4.69, 9.17) is 5.11 Å². The predicted octanol–water partition coefficient (Wildman–Crippen LogP) is -2.99. The van der Waals surface area contributed by atoms with Gasteiger partial charge in [-0.3, -0.25) is 0 Å². The molecule has 0 aliphatic heterocycles. The molecule has 2 N–H and O–H groups in total. The van der Waals surface area contributed by atoms with Crippen molar-refractivity contribution < 1.29 is 22.6 Å². The van der Waals surface area contributed by atoms with Crippen molar-refractivity contribution in [3.8, 4) is 0 Å². The maximum atomic E-state index is 8.50. The summed E-state index contributed by atoms with van der Waals surface area (Å²) in [5.74, 6) is 1.84. The maximum absolute atomic E-state index is 8.50. The first-order chi connectivity index (χ1) is 4.43. The van der Waals surface area contributed by atoms with Gasteiger partial charge in [-0.1, -0.05) is 0 Å². The molecule has 10 heavy (non-hydrogen) atoms. The Hall–Kier alpha value is -0.240. The van der Waals surface area contributed by atoms with Crippen molar-refractivity contribution in [2.45, 2.75) is 6.42 Å². The first-order valence-corrected chi connectivity index (χ1v) is 3.67. The van der Waals surface area contributed by atoms with Crippen molar-refractivity contribution in [3.05, 3.63) is 17.4 Å². The second-order valence-corrected chi connectivity index (χ2v) is 2.70. The molecule has 0 saturated heterocycles. The smallest absolute Gasteiger partial charge is 0.218 e. The normalized spacial score (nSPS) is 9.30. The number of H-pyrrole nitrogens is 1. The van der Waals surface area contributed by atoms with Crippen LogP contribution in [0.1, 0.15) is 5.30 Å². The Kier molecular flexibility index (Phi) is 5.40. The molecule has 0 bridgehead atoms. The molecule has 1 heterocycles. The van der Waals surface area contributed by atoms with Gasteiger partial charge in [0.25, 0.3) is 0 Å². The summed E-state index contributed by atoms with van der Waals surface area (Å²) in [5.41, 5.74) is 0. The summed E-state index contributed by atoms with van der Waals surface area (Å²) in [7, 11) is 1.11. The third kappa shape index (κ3) is 3.06. The summed E-state index contributed by atoms with van der Waals surface area (Å²) in [4.78, 5) is 0. The fourth-order valence-corrected chi connectivity index (χ4v) is 1.18. The van der Waals surface area contributed by atoms with Crippen molar-refractivity contribution in [2.24, 2.45) is 0 Å². The van der Waals surface area contributed by atoms with Gasteiger partial charge in [0.2, 0.25) is 5.93 Å². The lowest BCUT2D eigenvalue weighted by atomic mass is 10.4. The van der Waals surface area contributed by atoms with E-state index in [-0.39, 0.29) is 19.0 Å². The molecule has 0 unspecified atom stereocenters. The van der Waals surface area contributed by atoms with E-state index in [1.165, 1.54) is 0 Å². The fraction of sp³-hybridized carbons (Fsp3) is 0.400. The average molecular weight is 179 g/mol. The van der Waals surface area contributed by atoms with Gasteiger partial charge in [0.05, 0.1) is 0 Å². The van der Waals surface area contributed by atoms with Crippen LogP contribution in [-0.2, 0) is 6.42 Å². The van der Waals surface area contributed by atoms with E-state index < -0.39 is 0 Å². The highest BCUT2D eigenvalue weighted by Crippen LogP contribution is 2.07. The molecule has 3 nitrogen and oxygen atoms in total. The van der Waals surface area contributed by atoms with Gasteiger partial charge < -0.3 is 17.5 Å². The molecule has 0 fully saturated rings. The zero-order valence-corrected chi connectivity index (χ0v) is 6.94. The third-order valence-corrected chi connectivity index (χ3v) is 1.86. The number of aromatic nitrogens is 2. The number of aliphatic hydroxyl groups excluding tert-OH is 1. The summed E-state index contributed by atoms with van der Waals surface area (Å²) in [6.07, 6.45) is 2.47. The Labute approximate surface area is 67.0 Å². The van der Waals surface area contributed by atoms with Crippen molar-refractivity contribution in [1.82, 2.24) is 5.10 Å². The number of hydrogen-bond donors (Lipinski definition) is 1. The molecule has 0 aromatic carbocycles. The fourth-order valence-electron chi connectivity index (χ4n) is 0.534. The van der Waals surface area contributed by atoms with Crippen LogP contribution in [0.4, 0.5) is 0 Å². The number of rotatable bonds is 2. The van der Waals surface area contributed by atoms with Gasteiger partial charge >= 0.3 is 0 Å². The molecule has 1 aromatic heterocycles. The van der Waals surface area contributed by atoms with Gasteiger partial charge in [0, 0.05) is 26.5 Å². The third-order valence-electron chi connectivity index (χ3n) is 0.944. The van der Waals surface area contributed by atoms with Crippen LogP contribution in [0.5, 0.6) is 0 Å². The van der Waals surface area contributed by atoms with Gasteiger partial charge in [-0.05, 0) is 5.10 Å². The minimum Gasteiger partial charge on any atom is -1.00 e. The van der Waals surface area contributed by atoms with E-state index in [2.05, 4.69) is 10.2 Å². The number of aromatic amines is 1. The predicted molar refractivity (Wildman–Crippen MR) is 34.1 cm³/mol. The molecule has 0 radical (unpaired) electrons. The molecular formula is C5H8ClN2OP. The van der Waals surface area contributed by atoms with Crippen LogP contribution in [0.15, 0.2) is 12.1 Å². The minimum atomic E-state index is 0. The molecule has 1 rings (SSSR count). The van der Waals surface area contributed by atoms with Crippen LogP contribution in [0.2, 0.25) is 0 Å². The maximum Gasteiger partial charge on any atom is 0.218 e. The molecule has 5 heteroatoms. The first kappa shape index (κ1) is 9.76. The minimum absolute atomic E-state index is 0. The van der Waals surface area contributed by atoms with Crippen LogP contribution in [-0.4, -0.2) is 16.8 Å². The van der Waals surface area contributed by atoms with E-state index >= 15 is 0 Å². The SMILES string of the molecule is OCCc1cn[nH+]cp1.[Cl-]. The van der Waals surface area contributed by atoms with E-state index in [0.717, 1.165) is 19.9 Å². The quantitative estimate of drug-likeness (QED) is 0.525. The highest BCUT2D eigenvalue weighted by molar-refractivity contribution is 7.29. The molecular weight excluding hydrogens is 170 g/mol. The summed E-state index contributed by atoms with van der Waals surface area (Å²) < 4.78 is 0. The number of nitrogens with zero attached hydrogens (tertiary/aromatic N) is 1. The topological polar surface area (TPSA) is 47.3 Å². The van der Waals surface area contributed by atoms with E-state index in [0.29, 0.717) is 0 Å². The molecule has 0 saturated carbocycles. The average Bonchev–Trinajstić information content (AvgIpc) is 1.91. The number of hydrogen-bond acceptors (Lipinski definition) is 2. The lowest BCUT2D eigenvalue weighted by Crippen LogP contribution is -3.00. The largest absolute Gasteiger partial charge is 1.00 e. The molecule has 0 aliphatic carbocycles. The first-order valence-electron chi connectivity index (χ1n) is 2.71. The lowest BCUT2D eigenvalue weighted by Gasteiger charge is -1.88. The van der Waals surface area contributed by atoms with Crippen LogP contribution in [0, 0.1) is 0 Å². The van der Waals surface area contributed by atoms with E-state index in [1.807, 2.05) is 5.93 Å². The molecule has 1 aromatic rings. The Balaban J connectivity index is 0.000000810. The Bertz CT molecular complexity index is 173. The second-order valence-electron chi connectivity index (χ2n) is 1.61. The molecule has 0 aliphatic rings. The molecule has 0 spiro atoms. The van der Waals surface area contributed by atoms with Crippen molar-refractivity contribution in [3.63, 3.8) is 0 Å². The van der Waals surface area contributed by atoms with Gasteiger partial charge in [-0.25, -0.2) is 0 Å². The van der Waals surface area contributed by atoms with Gasteiger partial charge in [-0.2, -0.15) is 0 Å². The summed E-state index contributed by atoms with van der Waals surface area (Å²) >= 11 is 0. The molecule has 56 valence electrons. The van der Waals surface area contributed by atoms with Crippen molar-refractivity contribution in [1.29, 1.82) is 0 Å². The Morgan fingerprint density at radius 3 is 3.00 bits per heavy atom. The summed E-state index contributed by atoms with van der Waals surface area (Å²) in [5, 5.41) is 16.1. The highest BCUT2D eigenvalue weighted by Gasteiger charge is 1.91. The summed E-state index contributed by atoms with van der Waals surface area (Å²) in [6.45, 7) is 0.211. The Morgan fingerprint density at radius 1 is 1.70 bits per heavy atom. The van der Waals surface area contributed by atoms with E-state index in [1.54, 1.807) is 6.20 Å². The van der Waals surface area contributed by atoms with Gasteiger partial charge in [-0.15, -0.1) is 5.10 Å². The van der Waals surface area contributed by atoms with Crippen LogP contribution >= 0.6 is 8.19 Å². The monoisotopic (exact) mass is 178 g/mol. The van der Waals surface area contributed by atoms with Crippen molar-refractivity contribution >= 4 is 8.19 Å². The van der Waals surface area contributed by atoms with Gasteiger partial charge in [0.1, 0.15) is 6.20 Å². The van der Waals surface area contributed by atoms with Crippen LogP contribution in [0.25, 0.3) is 0 Å². The van der Waals surface area contributed by atoms with E-state index in [9.17, 15) is 0 Å². The lowest BCUT2D eigenvalue weighted by molar-refractivity contribution is -0.450. The second kappa shape index (κ2) is 5.54. The highest BCUT2D eigenvalue weighted by atomic mass is 35.5. The van der Waals surface area contributed by atoms with Crippen LogP contribution < -0.4 is 17.5 Å². The molecule has 0 amide bonds. The standard InChI is InChI=1S/C5H7N2OP.ClH/c8-2-1-5-3-6-7-4-9-5;/h3-4,8H,1-2H2;1H. The summed E-state index contributed by atoms with van der Waals surface area (Å²) in [6, 6.07) is 0. The zero-order chi connectivity index (χ0) is 6.53. The Morgan fingerprint density at radius 2 is 2.50 bits per heavy atom. The zero-order valence-electron chi connectivity index (χ0n) is 5.29. The molecule has 0 atom stereocenters. The van der Waals surface area contributed by atoms with Gasteiger partial charge in [0.15, 0.2) is 0 Å². The number of halogens is 1. The van der Waals surface area contributed by atoms with Crippen molar-refractivity contribution in [2.75, 3.05) is 6.61 Å².